The first-order valence-electron chi connectivity index (χ1n) is 8.56. The first kappa shape index (κ1) is 19.4. The van der Waals surface area contributed by atoms with Crippen molar-refractivity contribution in [2.75, 3.05) is 0 Å². The largest absolute Gasteiger partial charge is 0.497 e. The van der Waals surface area contributed by atoms with E-state index in [9.17, 15) is 4.79 Å². The van der Waals surface area contributed by atoms with E-state index in [2.05, 4.69) is 20.9 Å². The molecule has 1 fully saturated rings. The van der Waals surface area contributed by atoms with E-state index in [0.717, 1.165) is 15.3 Å². The van der Waals surface area contributed by atoms with Crippen molar-refractivity contribution >= 4 is 45.6 Å². The van der Waals surface area contributed by atoms with E-state index >= 15 is 0 Å². The van der Waals surface area contributed by atoms with Crippen LogP contribution >= 0.6 is 15.9 Å². The molecule has 1 saturated heterocycles. The molecule has 26 heavy (non-hydrogen) atoms. The number of hydrogen-bond acceptors (Lipinski definition) is 5. The molecule has 0 saturated carbocycles. The summed E-state index contributed by atoms with van der Waals surface area (Å²) in [4.78, 5) is 17.1. The van der Waals surface area contributed by atoms with Crippen molar-refractivity contribution in [2.45, 2.75) is 65.3 Å². The van der Waals surface area contributed by atoms with Crippen molar-refractivity contribution in [1.82, 2.24) is 9.55 Å². The van der Waals surface area contributed by atoms with Gasteiger partial charge < -0.3 is 14.0 Å². The van der Waals surface area contributed by atoms with E-state index in [1.54, 1.807) is 12.4 Å². The summed E-state index contributed by atoms with van der Waals surface area (Å²) in [6.45, 7) is 13.5. The lowest BCUT2D eigenvalue weighted by Gasteiger charge is -2.32. The van der Waals surface area contributed by atoms with Crippen LogP contribution in [0.2, 0.25) is 0 Å². The molecular weight excluding hydrogens is 399 g/mol. The van der Waals surface area contributed by atoms with Crippen LogP contribution in [-0.2, 0) is 14.0 Å². The maximum atomic E-state index is 12.6. The van der Waals surface area contributed by atoms with Gasteiger partial charge in [0.25, 0.3) is 0 Å². The number of carbonyl (C=O) groups excluding carboxylic acids is 1. The van der Waals surface area contributed by atoms with E-state index < -0.39 is 30.0 Å². The summed E-state index contributed by atoms with van der Waals surface area (Å²) >= 11 is 3.45. The van der Waals surface area contributed by atoms with Gasteiger partial charge in [-0.1, -0.05) is 0 Å². The molecule has 0 unspecified atom stereocenters. The van der Waals surface area contributed by atoms with E-state index in [1.807, 2.05) is 54.5 Å². The third-order valence-corrected chi connectivity index (χ3v) is 5.17. The van der Waals surface area contributed by atoms with Gasteiger partial charge in [0.15, 0.2) is 0 Å². The molecule has 3 rings (SSSR count). The van der Waals surface area contributed by atoms with Crippen LogP contribution in [0.4, 0.5) is 4.79 Å². The molecule has 0 aliphatic carbocycles. The summed E-state index contributed by atoms with van der Waals surface area (Å²) in [5.41, 5.74) is -0.298. The highest BCUT2D eigenvalue weighted by Crippen LogP contribution is 2.37. The molecular formula is C18H24BBrN2O4. The van der Waals surface area contributed by atoms with Crippen LogP contribution in [0.25, 0.3) is 11.0 Å². The molecule has 0 bridgehead atoms. The fraction of sp³-hybridized carbons (Fsp3) is 0.556. The molecule has 3 heterocycles. The van der Waals surface area contributed by atoms with E-state index in [1.165, 1.54) is 4.57 Å². The van der Waals surface area contributed by atoms with Crippen LogP contribution < -0.4 is 5.46 Å². The Morgan fingerprint density at radius 1 is 1.23 bits per heavy atom. The Bertz CT molecular complexity index is 854. The molecule has 1 aliphatic heterocycles. The van der Waals surface area contributed by atoms with E-state index in [0.29, 0.717) is 5.65 Å². The smallest absolute Gasteiger partial charge is 0.443 e. The number of pyridine rings is 1. The first-order chi connectivity index (χ1) is 11.8. The normalized spacial score (nSPS) is 19.2. The fourth-order valence-corrected chi connectivity index (χ4v) is 3.05. The summed E-state index contributed by atoms with van der Waals surface area (Å²) < 4.78 is 20.1. The predicted molar refractivity (Wildman–Crippen MR) is 105 cm³/mol. The second-order valence-corrected chi connectivity index (χ2v) is 9.46. The third-order valence-electron chi connectivity index (χ3n) is 4.74. The molecule has 140 valence electrons. The molecule has 2 aromatic heterocycles. The lowest BCUT2D eigenvalue weighted by Crippen LogP contribution is -2.41. The summed E-state index contributed by atoms with van der Waals surface area (Å²) in [7, 11) is -0.595. The summed E-state index contributed by atoms with van der Waals surface area (Å²) in [5, 5.41) is 0.781. The minimum atomic E-state index is -0.604. The Hall–Kier alpha value is -1.38. The standard InChI is InChI=1S/C18H24BBrN2O4/c1-16(2,3)24-15(23)22-10-13(12-8-11(20)9-21-14(12)22)19-25-17(4,5)18(6,7)26-19/h8-10H,1-7H3. The number of carbonyl (C=O) groups is 1. The predicted octanol–water partition coefficient (Wildman–Crippen LogP) is 3.88. The first-order valence-corrected chi connectivity index (χ1v) is 9.35. The highest BCUT2D eigenvalue weighted by molar-refractivity contribution is 9.10. The van der Waals surface area contributed by atoms with Gasteiger partial charge in [0.05, 0.1) is 11.2 Å². The highest BCUT2D eigenvalue weighted by atomic mass is 79.9. The number of halogens is 1. The van der Waals surface area contributed by atoms with Gasteiger partial charge in [-0.3, -0.25) is 0 Å². The van der Waals surface area contributed by atoms with Crippen molar-refractivity contribution in [3.63, 3.8) is 0 Å². The van der Waals surface area contributed by atoms with Crippen LogP contribution in [0.3, 0.4) is 0 Å². The highest BCUT2D eigenvalue weighted by Gasteiger charge is 2.52. The Morgan fingerprint density at radius 3 is 2.35 bits per heavy atom. The van der Waals surface area contributed by atoms with E-state index in [-0.39, 0.29) is 0 Å². The minimum Gasteiger partial charge on any atom is -0.443 e. The lowest BCUT2D eigenvalue weighted by atomic mass is 9.79. The molecule has 2 aromatic rings. The zero-order valence-electron chi connectivity index (χ0n) is 16.2. The topological polar surface area (TPSA) is 62.6 Å². The SMILES string of the molecule is CC(C)(C)OC(=O)n1cc(B2OC(C)(C)C(C)(C)O2)c2cc(Br)cnc21. The number of hydrogen-bond donors (Lipinski definition) is 0. The van der Waals surface area contributed by atoms with Crippen LogP contribution in [0.15, 0.2) is 22.9 Å². The number of ether oxygens (including phenoxy) is 1. The second-order valence-electron chi connectivity index (χ2n) is 8.55. The maximum absolute atomic E-state index is 12.6. The van der Waals surface area contributed by atoms with Gasteiger partial charge >= 0.3 is 13.2 Å². The molecule has 0 N–H and O–H groups in total. The van der Waals surface area contributed by atoms with Crippen molar-refractivity contribution in [3.05, 3.63) is 22.9 Å². The quantitative estimate of drug-likeness (QED) is 0.652. The van der Waals surface area contributed by atoms with Gasteiger partial charge in [-0.05, 0) is 70.5 Å². The lowest BCUT2D eigenvalue weighted by molar-refractivity contribution is 0.00578. The summed E-state index contributed by atoms with van der Waals surface area (Å²) in [6, 6.07) is 1.91. The van der Waals surface area contributed by atoms with Crippen LogP contribution in [0.1, 0.15) is 48.5 Å². The van der Waals surface area contributed by atoms with Gasteiger partial charge in [0, 0.05) is 27.7 Å². The van der Waals surface area contributed by atoms with Crippen molar-refractivity contribution in [3.8, 4) is 0 Å². The van der Waals surface area contributed by atoms with Crippen LogP contribution in [0.5, 0.6) is 0 Å². The van der Waals surface area contributed by atoms with Crippen molar-refractivity contribution in [1.29, 1.82) is 0 Å². The minimum absolute atomic E-state index is 0.475. The Labute approximate surface area is 162 Å². The van der Waals surface area contributed by atoms with Gasteiger partial charge in [-0.2, -0.15) is 0 Å². The molecule has 8 heteroatoms. The van der Waals surface area contributed by atoms with Gasteiger partial charge in [-0.25, -0.2) is 14.3 Å². The van der Waals surface area contributed by atoms with Gasteiger partial charge in [-0.15, -0.1) is 0 Å². The van der Waals surface area contributed by atoms with E-state index in [4.69, 9.17) is 14.0 Å². The number of rotatable bonds is 1. The maximum Gasteiger partial charge on any atom is 0.497 e. The molecule has 0 spiro atoms. The molecule has 0 radical (unpaired) electrons. The average Bonchev–Trinajstić information content (AvgIpc) is 2.91. The molecule has 0 amide bonds. The van der Waals surface area contributed by atoms with Crippen molar-refractivity contribution in [2.24, 2.45) is 0 Å². The zero-order valence-corrected chi connectivity index (χ0v) is 17.8. The van der Waals surface area contributed by atoms with Crippen LogP contribution in [0, 0.1) is 0 Å². The second kappa shape index (κ2) is 6.07. The number of nitrogens with zero attached hydrogens (tertiary/aromatic N) is 2. The Kier molecular flexibility index (Phi) is 4.53. The monoisotopic (exact) mass is 422 g/mol. The molecule has 0 aromatic carbocycles. The summed E-state index contributed by atoms with van der Waals surface area (Å²) in [5.74, 6) is 0. The van der Waals surface area contributed by atoms with Crippen molar-refractivity contribution < 1.29 is 18.8 Å². The van der Waals surface area contributed by atoms with Gasteiger partial charge in [0.1, 0.15) is 11.2 Å². The Balaban J connectivity index is 2.10. The number of aromatic nitrogens is 2. The van der Waals surface area contributed by atoms with Gasteiger partial charge in [0.2, 0.25) is 0 Å². The van der Waals surface area contributed by atoms with Crippen LogP contribution in [-0.4, -0.2) is 39.6 Å². The molecule has 6 nitrogen and oxygen atoms in total. The summed E-state index contributed by atoms with van der Waals surface area (Å²) in [6.07, 6.45) is 2.86. The Morgan fingerprint density at radius 2 is 1.81 bits per heavy atom. The zero-order chi connectivity index (χ0) is 19.5. The average molecular weight is 423 g/mol. The number of fused-ring (bicyclic) bond motifs is 1. The fourth-order valence-electron chi connectivity index (χ4n) is 2.71. The molecule has 0 atom stereocenters. The third kappa shape index (κ3) is 3.42. The molecule has 1 aliphatic rings.